The van der Waals surface area contributed by atoms with Gasteiger partial charge in [0, 0.05) is 23.0 Å². The summed E-state index contributed by atoms with van der Waals surface area (Å²) < 4.78 is 1.18. The summed E-state index contributed by atoms with van der Waals surface area (Å²) in [5, 5.41) is 1.21. The zero-order chi connectivity index (χ0) is 16.1. The zero-order valence-corrected chi connectivity index (χ0v) is 14.0. The van der Waals surface area contributed by atoms with E-state index in [9.17, 15) is 9.59 Å². The van der Waals surface area contributed by atoms with E-state index in [-0.39, 0.29) is 5.56 Å². The molecular formula is C16H14ClN3O2S. The molecule has 1 aliphatic heterocycles. The van der Waals surface area contributed by atoms with E-state index in [0.717, 1.165) is 30.0 Å². The molecule has 3 aromatic rings. The fraction of sp³-hybridized carbons (Fsp3) is 0.250. The van der Waals surface area contributed by atoms with Gasteiger partial charge in [-0.05, 0) is 43.3 Å². The highest BCUT2D eigenvalue weighted by molar-refractivity contribution is 7.18. The summed E-state index contributed by atoms with van der Waals surface area (Å²) in [6.45, 7) is 1.73. The molecule has 0 saturated carbocycles. The van der Waals surface area contributed by atoms with Crippen molar-refractivity contribution in [3.63, 3.8) is 0 Å². The lowest BCUT2D eigenvalue weighted by atomic mass is 10.1. The van der Waals surface area contributed by atoms with E-state index in [1.807, 2.05) is 0 Å². The van der Waals surface area contributed by atoms with Gasteiger partial charge >= 0.3 is 5.69 Å². The molecule has 3 heterocycles. The molecule has 4 rings (SSSR count). The van der Waals surface area contributed by atoms with E-state index in [1.165, 1.54) is 15.9 Å². The monoisotopic (exact) mass is 347 g/mol. The molecular weight excluding hydrogens is 334 g/mol. The van der Waals surface area contributed by atoms with Crippen LogP contribution < -0.4 is 11.2 Å². The molecule has 0 spiro atoms. The Morgan fingerprint density at radius 2 is 1.96 bits per heavy atom. The van der Waals surface area contributed by atoms with Gasteiger partial charge in [0.1, 0.15) is 4.83 Å². The second-order valence-electron chi connectivity index (χ2n) is 5.74. The van der Waals surface area contributed by atoms with Crippen molar-refractivity contribution in [2.45, 2.75) is 13.0 Å². The minimum atomic E-state index is -0.420. The van der Waals surface area contributed by atoms with Gasteiger partial charge in [0.2, 0.25) is 0 Å². The number of likely N-dealkylation sites (N-methyl/N-ethyl adjacent to an activating group) is 1. The van der Waals surface area contributed by atoms with Crippen molar-refractivity contribution >= 4 is 33.2 Å². The van der Waals surface area contributed by atoms with Crippen LogP contribution in [0.2, 0.25) is 5.02 Å². The topological polar surface area (TPSA) is 58.1 Å². The maximum absolute atomic E-state index is 13.0. The van der Waals surface area contributed by atoms with Crippen molar-refractivity contribution in [1.82, 2.24) is 14.5 Å². The Bertz CT molecular complexity index is 1020. The van der Waals surface area contributed by atoms with Crippen LogP contribution in [0.15, 0.2) is 33.9 Å². The third-order valence-electron chi connectivity index (χ3n) is 4.17. The quantitative estimate of drug-likeness (QED) is 0.735. The highest BCUT2D eigenvalue weighted by atomic mass is 35.5. The van der Waals surface area contributed by atoms with Gasteiger partial charge < -0.3 is 4.90 Å². The summed E-state index contributed by atoms with van der Waals surface area (Å²) in [5.41, 5.74) is 0.924. The fourth-order valence-electron chi connectivity index (χ4n) is 3.03. The summed E-state index contributed by atoms with van der Waals surface area (Å²) >= 11 is 7.40. The Hall–Kier alpha value is -1.89. The number of nitrogens with one attached hydrogen (secondary N) is 1. The molecule has 1 aromatic carbocycles. The van der Waals surface area contributed by atoms with Crippen LogP contribution in [0.25, 0.3) is 15.9 Å². The van der Waals surface area contributed by atoms with Crippen LogP contribution >= 0.6 is 22.9 Å². The lowest BCUT2D eigenvalue weighted by Gasteiger charge is -2.21. The summed E-state index contributed by atoms with van der Waals surface area (Å²) in [6.07, 6.45) is 0.827. The van der Waals surface area contributed by atoms with Crippen LogP contribution in [0.3, 0.4) is 0 Å². The first-order valence-corrected chi connectivity index (χ1v) is 8.48. The predicted octanol–water partition coefficient (Wildman–Crippen LogP) is 2.38. The maximum Gasteiger partial charge on any atom is 0.334 e. The Balaban J connectivity index is 2.02. The lowest BCUT2D eigenvalue weighted by Crippen LogP contribution is -2.34. The highest BCUT2D eigenvalue weighted by Crippen LogP contribution is 2.31. The number of rotatable bonds is 1. The van der Waals surface area contributed by atoms with E-state index >= 15 is 0 Å². The normalized spacial score (nSPS) is 15.0. The number of benzene rings is 1. The van der Waals surface area contributed by atoms with Gasteiger partial charge in [0.05, 0.1) is 11.1 Å². The summed E-state index contributed by atoms with van der Waals surface area (Å²) in [7, 11) is 2.06. The largest absolute Gasteiger partial charge is 0.334 e. The molecule has 0 bridgehead atoms. The van der Waals surface area contributed by atoms with E-state index in [4.69, 9.17) is 11.6 Å². The van der Waals surface area contributed by atoms with Gasteiger partial charge in [-0.15, -0.1) is 11.3 Å². The predicted molar refractivity (Wildman–Crippen MR) is 93.1 cm³/mol. The van der Waals surface area contributed by atoms with Crippen molar-refractivity contribution < 1.29 is 0 Å². The molecule has 23 heavy (non-hydrogen) atoms. The van der Waals surface area contributed by atoms with Gasteiger partial charge in [-0.1, -0.05) is 11.6 Å². The summed E-state index contributed by atoms with van der Waals surface area (Å²) in [6, 6.07) is 6.70. The van der Waals surface area contributed by atoms with Gasteiger partial charge in [0.15, 0.2) is 0 Å². The molecule has 2 aromatic heterocycles. The molecule has 1 aliphatic rings. The van der Waals surface area contributed by atoms with Crippen molar-refractivity contribution in [3.8, 4) is 5.69 Å². The van der Waals surface area contributed by atoms with E-state index < -0.39 is 5.69 Å². The number of halogens is 1. The minimum Gasteiger partial charge on any atom is -0.301 e. The van der Waals surface area contributed by atoms with E-state index in [1.54, 1.807) is 24.3 Å². The van der Waals surface area contributed by atoms with Gasteiger partial charge in [-0.2, -0.15) is 0 Å². The Morgan fingerprint density at radius 3 is 2.70 bits per heavy atom. The number of hydrogen-bond acceptors (Lipinski definition) is 4. The Labute approximate surface area is 140 Å². The molecule has 0 atom stereocenters. The number of fused-ring (bicyclic) bond motifs is 3. The number of H-pyrrole nitrogens is 1. The highest BCUT2D eigenvalue weighted by Gasteiger charge is 2.23. The Morgan fingerprint density at radius 1 is 1.22 bits per heavy atom. The lowest BCUT2D eigenvalue weighted by molar-refractivity contribution is 0.318. The fourth-order valence-corrected chi connectivity index (χ4v) is 4.46. The van der Waals surface area contributed by atoms with Crippen LogP contribution in [0, 0.1) is 0 Å². The second kappa shape index (κ2) is 5.33. The number of aromatic nitrogens is 2. The van der Waals surface area contributed by atoms with Gasteiger partial charge in [0.25, 0.3) is 5.56 Å². The molecule has 5 nitrogen and oxygen atoms in total. The Kier molecular flexibility index (Phi) is 3.41. The zero-order valence-electron chi connectivity index (χ0n) is 12.4. The number of aromatic amines is 1. The molecule has 0 unspecified atom stereocenters. The van der Waals surface area contributed by atoms with Crippen molar-refractivity contribution in [2.24, 2.45) is 0 Å². The number of nitrogens with zero attached hydrogens (tertiary/aromatic N) is 2. The third-order valence-corrected chi connectivity index (χ3v) is 5.56. The van der Waals surface area contributed by atoms with Crippen LogP contribution in [0.5, 0.6) is 0 Å². The van der Waals surface area contributed by atoms with Crippen molar-refractivity contribution in [2.75, 3.05) is 13.6 Å². The van der Waals surface area contributed by atoms with E-state index in [0.29, 0.717) is 20.9 Å². The van der Waals surface area contributed by atoms with Gasteiger partial charge in [-0.25, -0.2) is 9.36 Å². The first kappa shape index (κ1) is 14.7. The van der Waals surface area contributed by atoms with Crippen LogP contribution in [0.1, 0.15) is 10.4 Å². The SMILES string of the molecule is CN1CCc2c(sc3[nH]c(=O)n(-c4ccc(Cl)cc4)c(=O)c23)C1. The summed E-state index contributed by atoms with van der Waals surface area (Å²) in [5.74, 6) is 0. The van der Waals surface area contributed by atoms with Crippen LogP contribution in [-0.2, 0) is 13.0 Å². The molecule has 0 fully saturated rings. The maximum atomic E-state index is 13.0. The standard InChI is InChI=1S/C16H14ClN3O2S/c1-19-7-6-11-12(8-19)23-14-13(11)15(21)20(16(22)18-14)10-4-2-9(17)3-5-10/h2-5H,6-8H2,1H3,(H,18,22). The number of hydrogen-bond donors (Lipinski definition) is 1. The first-order valence-electron chi connectivity index (χ1n) is 7.28. The van der Waals surface area contributed by atoms with Crippen molar-refractivity contribution in [1.29, 1.82) is 0 Å². The average Bonchev–Trinajstić information content (AvgIpc) is 2.86. The van der Waals surface area contributed by atoms with Crippen LogP contribution in [0.4, 0.5) is 0 Å². The molecule has 7 heteroatoms. The van der Waals surface area contributed by atoms with E-state index in [2.05, 4.69) is 16.9 Å². The molecule has 0 radical (unpaired) electrons. The molecule has 1 N–H and O–H groups in total. The summed E-state index contributed by atoms with van der Waals surface area (Å²) in [4.78, 5) is 32.2. The van der Waals surface area contributed by atoms with Crippen molar-refractivity contribution in [3.05, 3.63) is 60.6 Å². The third kappa shape index (κ3) is 2.34. The molecule has 0 amide bonds. The van der Waals surface area contributed by atoms with Gasteiger partial charge in [-0.3, -0.25) is 9.78 Å². The second-order valence-corrected chi connectivity index (χ2v) is 7.28. The number of thiophene rings is 1. The minimum absolute atomic E-state index is 0.256. The average molecular weight is 348 g/mol. The molecule has 0 aliphatic carbocycles. The molecule has 118 valence electrons. The van der Waals surface area contributed by atoms with Crippen LogP contribution in [-0.4, -0.2) is 28.0 Å². The smallest absolute Gasteiger partial charge is 0.301 e. The molecule has 0 saturated heterocycles. The first-order chi connectivity index (χ1) is 11.0.